The molecule has 1 heterocycles. The first-order valence-electron chi connectivity index (χ1n) is 12.1. The molecule has 0 radical (unpaired) electrons. The third-order valence-electron chi connectivity index (χ3n) is 5.94. The number of aromatic nitrogens is 1. The van der Waals surface area contributed by atoms with Gasteiger partial charge in [-0.2, -0.15) is 0 Å². The van der Waals surface area contributed by atoms with Crippen LogP contribution in [-0.2, 0) is 0 Å². The Hall–Kier alpha value is -2.88. The Bertz CT molecular complexity index is 938. The van der Waals surface area contributed by atoms with Gasteiger partial charge in [-0.1, -0.05) is 57.7 Å². The summed E-state index contributed by atoms with van der Waals surface area (Å²) in [6, 6.07) is 4.23. The van der Waals surface area contributed by atoms with Gasteiger partial charge >= 0.3 is 0 Å². The Morgan fingerprint density at radius 3 is 2.67 bits per heavy atom. The average Bonchev–Trinajstić information content (AvgIpc) is 2.80. The molecule has 2 unspecified atom stereocenters. The Labute approximate surface area is 200 Å². The summed E-state index contributed by atoms with van der Waals surface area (Å²) >= 11 is 0. The van der Waals surface area contributed by atoms with Crippen LogP contribution in [0.15, 0.2) is 85.0 Å². The van der Waals surface area contributed by atoms with Crippen molar-refractivity contribution in [2.75, 3.05) is 22.9 Å². The van der Waals surface area contributed by atoms with Gasteiger partial charge in [0.1, 0.15) is 17.5 Å². The maximum Gasteiger partial charge on any atom is 0.142 e. The van der Waals surface area contributed by atoms with E-state index in [1.807, 2.05) is 31.2 Å². The van der Waals surface area contributed by atoms with Crippen LogP contribution in [-0.4, -0.2) is 18.1 Å². The molecule has 3 nitrogen and oxygen atoms in total. The van der Waals surface area contributed by atoms with Crippen LogP contribution in [0.2, 0.25) is 0 Å². The molecule has 1 aromatic rings. The second-order valence-corrected chi connectivity index (χ2v) is 8.69. The summed E-state index contributed by atoms with van der Waals surface area (Å²) in [4.78, 5) is 9.58. The van der Waals surface area contributed by atoms with Crippen molar-refractivity contribution in [1.29, 1.82) is 0 Å². The van der Waals surface area contributed by atoms with Crippen molar-refractivity contribution < 1.29 is 4.39 Å². The van der Waals surface area contributed by atoms with E-state index in [0.717, 1.165) is 41.7 Å². The molecule has 0 bridgehead atoms. The van der Waals surface area contributed by atoms with Crippen LogP contribution in [0.4, 0.5) is 16.0 Å². The molecule has 178 valence electrons. The summed E-state index contributed by atoms with van der Waals surface area (Å²) in [5.74, 6) is 2.19. The highest BCUT2D eigenvalue weighted by molar-refractivity contribution is 5.64. The number of allylic oxidation sites excluding steroid dienone is 8. The fourth-order valence-electron chi connectivity index (χ4n) is 4.18. The van der Waals surface area contributed by atoms with Gasteiger partial charge in [0.15, 0.2) is 0 Å². The normalized spacial score (nSPS) is 17.1. The summed E-state index contributed by atoms with van der Waals surface area (Å²) in [5, 5.41) is 0. The van der Waals surface area contributed by atoms with E-state index in [2.05, 4.69) is 62.8 Å². The lowest BCUT2D eigenvalue weighted by atomic mass is 9.95. The second-order valence-electron chi connectivity index (χ2n) is 8.69. The Morgan fingerprint density at radius 2 is 2.09 bits per heavy atom. The summed E-state index contributed by atoms with van der Waals surface area (Å²) < 4.78 is 13.6. The van der Waals surface area contributed by atoms with E-state index in [-0.39, 0.29) is 11.7 Å². The largest absolute Gasteiger partial charge is 0.357 e. The van der Waals surface area contributed by atoms with Crippen LogP contribution < -0.4 is 9.80 Å². The molecule has 0 saturated heterocycles. The third-order valence-corrected chi connectivity index (χ3v) is 5.94. The lowest BCUT2D eigenvalue weighted by Gasteiger charge is -2.33. The Morgan fingerprint density at radius 1 is 1.33 bits per heavy atom. The van der Waals surface area contributed by atoms with Gasteiger partial charge in [0.05, 0.1) is 0 Å². The van der Waals surface area contributed by atoms with Crippen molar-refractivity contribution in [3.8, 4) is 0 Å². The van der Waals surface area contributed by atoms with Gasteiger partial charge in [0.2, 0.25) is 0 Å². The smallest absolute Gasteiger partial charge is 0.142 e. The van der Waals surface area contributed by atoms with Crippen LogP contribution in [0, 0.1) is 18.8 Å². The molecule has 0 amide bonds. The van der Waals surface area contributed by atoms with Gasteiger partial charge in [-0.05, 0) is 75.5 Å². The number of nitrogens with zero attached hydrogens (tertiary/aromatic N) is 3. The molecule has 1 aliphatic rings. The number of aryl methyl sites for hydroxylation is 1. The van der Waals surface area contributed by atoms with Crippen molar-refractivity contribution >= 4 is 11.6 Å². The zero-order valence-corrected chi connectivity index (χ0v) is 21.0. The van der Waals surface area contributed by atoms with E-state index in [0.29, 0.717) is 12.3 Å². The summed E-state index contributed by atoms with van der Waals surface area (Å²) in [6.07, 6.45) is 15.7. The molecule has 0 fully saturated rings. The highest BCUT2D eigenvalue weighted by atomic mass is 19.1. The van der Waals surface area contributed by atoms with Gasteiger partial charge in [0, 0.05) is 30.4 Å². The number of hydrogen-bond acceptors (Lipinski definition) is 3. The monoisotopic (exact) mass is 449 g/mol. The lowest BCUT2D eigenvalue weighted by molar-refractivity contribution is 0.513. The average molecular weight is 450 g/mol. The summed E-state index contributed by atoms with van der Waals surface area (Å²) in [7, 11) is 0. The van der Waals surface area contributed by atoms with E-state index >= 15 is 0 Å². The lowest BCUT2D eigenvalue weighted by Crippen LogP contribution is -2.31. The van der Waals surface area contributed by atoms with Gasteiger partial charge in [-0.3, -0.25) is 4.90 Å². The molecular formula is C29H40FN3. The first kappa shape index (κ1) is 26.4. The molecule has 1 aromatic heterocycles. The zero-order valence-electron chi connectivity index (χ0n) is 21.0. The molecular weight excluding hydrogens is 409 g/mol. The fourth-order valence-corrected chi connectivity index (χ4v) is 4.18. The van der Waals surface area contributed by atoms with E-state index in [9.17, 15) is 4.39 Å². The Balaban J connectivity index is 2.54. The molecule has 0 N–H and O–H groups in total. The van der Waals surface area contributed by atoms with Crippen LogP contribution in [0.3, 0.4) is 0 Å². The standard InChI is InChI=1S/C29H40FN3/c1-8-12-22(5)21-32(11-4)28-20-15-23(6)29(31-28)33(27(13-9-2)14-10-3)24(7)25-16-18-26(30)19-17-25/h9-10,13-16,18-20,22,25H,2,7-8,11-12,17,21H2,1,3-6H3/b14-10-,27-13+. The van der Waals surface area contributed by atoms with Crippen molar-refractivity contribution in [2.24, 2.45) is 11.8 Å². The van der Waals surface area contributed by atoms with Crippen LogP contribution in [0.1, 0.15) is 52.5 Å². The van der Waals surface area contributed by atoms with Crippen molar-refractivity contribution in [2.45, 2.75) is 53.9 Å². The molecule has 0 saturated carbocycles. The highest BCUT2D eigenvalue weighted by Crippen LogP contribution is 2.34. The fraction of sp³-hybridized carbons (Fsp3) is 0.414. The molecule has 0 aliphatic heterocycles. The Kier molecular flexibility index (Phi) is 10.4. The number of anilines is 2. The topological polar surface area (TPSA) is 19.4 Å². The van der Waals surface area contributed by atoms with Crippen molar-refractivity contribution in [1.82, 2.24) is 4.98 Å². The molecule has 2 rings (SSSR count). The molecule has 33 heavy (non-hydrogen) atoms. The minimum atomic E-state index is -0.197. The first-order chi connectivity index (χ1) is 15.9. The van der Waals surface area contributed by atoms with E-state index in [1.54, 1.807) is 12.2 Å². The van der Waals surface area contributed by atoms with Gasteiger partial charge in [-0.25, -0.2) is 9.37 Å². The predicted octanol–water partition coefficient (Wildman–Crippen LogP) is 8.05. The van der Waals surface area contributed by atoms with Crippen LogP contribution in [0.5, 0.6) is 0 Å². The van der Waals surface area contributed by atoms with Crippen LogP contribution >= 0.6 is 0 Å². The minimum absolute atomic E-state index is 0.0142. The second kappa shape index (κ2) is 13.0. The predicted molar refractivity (Wildman–Crippen MR) is 142 cm³/mol. The van der Waals surface area contributed by atoms with E-state index in [1.165, 1.54) is 18.9 Å². The summed E-state index contributed by atoms with van der Waals surface area (Å²) in [6.45, 7) is 21.0. The number of hydrogen-bond donors (Lipinski definition) is 0. The van der Waals surface area contributed by atoms with Crippen molar-refractivity contribution in [3.05, 3.63) is 90.6 Å². The zero-order chi connectivity index (χ0) is 24.4. The number of pyridine rings is 1. The third kappa shape index (κ3) is 7.05. The van der Waals surface area contributed by atoms with Crippen molar-refractivity contribution in [3.63, 3.8) is 0 Å². The maximum atomic E-state index is 13.6. The van der Waals surface area contributed by atoms with Gasteiger partial charge < -0.3 is 4.90 Å². The van der Waals surface area contributed by atoms with E-state index in [4.69, 9.17) is 4.98 Å². The SMILES string of the molecule is C=C/C=C(\C=C/C)N(C(=C)C1C=CC(F)=CC1)c1nc(N(CC)CC(C)CCC)ccc1C. The number of rotatable bonds is 12. The first-order valence-corrected chi connectivity index (χ1v) is 12.1. The molecule has 0 spiro atoms. The van der Waals surface area contributed by atoms with Crippen LogP contribution in [0.25, 0.3) is 0 Å². The van der Waals surface area contributed by atoms with Gasteiger partial charge in [0.25, 0.3) is 0 Å². The molecule has 1 aliphatic carbocycles. The van der Waals surface area contributed by atoms with Gasteiger partial charge in [-0.15, -0.1) is 0 Å². The molecule has 0 aromatic carbocycles. The minimum Gasteiger partial charge on any atom is -0.357 e. The van der Waals surface area contributed by atoms with E-state index < -0.39 is 0 Å². The maximum absolute atomic E-state index is 13.6. The molecule has 2 atom stereocenters. The number of halogens is 1. The highest BCUT2D eigenvalue weighted by Gasteiger charge is 2.24. The molecule has 4 heteroatoms. The quantitative estimate of drug-likeness (QED) is 0.301. The summed E-state index contributed by atoms with van der Waals surface area (Å²) in [5.41, 5.74) is 2.84.